The van der Waals surface area contributed by atoms with Crippen molar-refractivity contribution in [2.75, 3.05) is 0 Å². The van der Waals surface area contributed by atoms with Crippen molar-refractivity contribution in [2.45, 2.75) is 0 Å². The fourth-order valence-corrected chi connectivity index (χ4v) is 3.18. The molecule has 0 saturated heterocycles. The molecule has 0 radical (unpaired) electrons. The predicted octanol–water partition coefficient (Wildman–Crippen LogP) is 4.11. The first-order valence-corrected chi connectivity index (χ1v) is 8.62. The average molecular weight is 386 g/mol. The maximum atomic E-state index is 12.4. The van der Waals surface area contributed by atoms with E-state index < -0.39 is 4.92 Å². The minimum Gasteiger partial charge on any atom is -0.455 e. The van der Waals surface area contributed by atoms with Crippen molar-refractivity contribution in [1.29, 1.82) is 5.26 Å². The van der Waals surface area contributed by atoms with Gasteiger partial charge in [-0.3, -0.25) is 14.9 Å². The van der Waals surface area contributed by atoms with Gasteiger partial charge in [0.15, 0.2) is 0 Å². The molecule has 0 saturated carbocycles. The number of non-ortho nitro benzene ring substituents is 1. The number of aromatic amines is 1. The van der Waals surface area contributed by atoms with E-state index in [1.165, 1.54) is 22.8 Å². The molecule has 1 N–H and O–H groups in total. The molecule has 142 valence electrons. The van der Waals surface area contributed by atoms with Gasteiger partial charge >= 0.3 is 0 Å². The molecule has 8 nitrogen and oxygen atoms in total. The molecule has 0 amide bonds. The molecule has 0 spiro atoms. The number of aryl methyl sites for hydroxylation is 1. The topological polar surface area (TPSA) is 114 Å². The van der Waals surface area contributed by atoms with Gasteiger partial charge in [0.2, 0.25) is 0 Å². The molecule has 2 aromatic carbocycles. The molecule has 2 aromatic heterocycles. The highest BCUT2D eigenvalue weighted by molar-refractivity contribution is 5.96. The fourth-order valence-electron chi connectivity index (χ4n) is 3.18. The zero-order valence-electron chi connectivity index (χ0n) is 15.2. The van der Waals surface area contributed by atoms with Gasteiger partial charge in [0, 0.05) is 48.1 Å². The highest BCUT2D eigenvalue weighted by Crippen LogP contribution is 2.39. The first-order chi connectivity index (χ1) is 14.0. The van der Waals surface area contributed by atoms with Crippen LogP contribution in [0.4, 0.5) is 5.69 Å². The standard InChI is InChI=1S/C21H14N4O4/c1-24-12-17(15-8-9-23-20(15)21(24)26)16-10-14(25(27)28)6-7-19(16)29-18-5-3-2-4-13(18)11-22/h2-10,12,23H,1H3. The minimum absolute atomic E-state index is 0.113. The summed E-state index contributed by atoms with van der Waals surface area (Å²) in [4.78, 5) is 26.1. The lowest BCUT2D eigenvalue weighted by molar-refractivity contribution is -0.384. The number of nitrogens with zero attached hydrogens (tertiary/aromatic N) is 3. The summed E-state index contributed by atoms with van der Waals surface area (Å²) < 4.78 is 7.38. The Morgan fingerprint density at radius 1 is 1.14 bits per heavy atom. The number of nitrogens with one attached hydrogen (secondary N) is 1. The Bertz CT molecular complexity index is 1360. The number of nitro benzene ring substituents is 1. The number of benzene rings is 2. The van der Waals surface area contributed by atoms with E-state index in [0.717, 1.165) is 0 Å². The van der Waals surface area contributed by atoms with Crippen LogP contribution < -0.4 is 10.3 Å². The normalized spacial score (nSPS) is 10.6. The Labute approximate surface area is 164 Å². The maximum Gasteiger partial charge on any atom is 0.274 e. The lowest BCUT2D eigenvalue weighted by Crippen LogP contribution is -2.16. The summed E-state index contributed by atoms with van der Waals surface area (Å²) in [6, 6.07) is 14.8. The molecule has 0 atom stereocenters. The van der Waals surface area contributed by atoms with E-state index >= 15 is 0 Å². The fraction of sp³-hybridized carbons (Fsp3) is 0.0476. The van der Waals surface area contributed by atoms with Crippen molar-refractivity contribution in [1.82, 2.24) is 9.55 Å². The Morgan fingerprint density at radius 2 is 1.93 bits per heavy atom. The molecule has 4 rings (SSSR count). The van der Waals surface area contributed by atoms with Gasteiger partial charge in [0.05, 0.1) is 10.5 Å². The van der Waals surface area contributed by atoms with Gasteiger partial charge in [-0.15, -0.1) is 0 Å². The van der Waals surface area contributed by atoms with Gasteiger partial charge in [0.1, 0.15) is 23.1 Å². The largest absolute Gasteiger partial charge is 0.455 e. The molecule has 0 unspecified atom stereocenters. The van der Waals surface area contributed by atoms with Gasteiger partial charge in [-0.2, -0.15) is 5.26 Å². The van der Waals surface area contributed by atoms with Crippen molar-refractivity contribution >= 4 is 16.6 Å². The molecule has 0 aliphatic heterocycles. The molecular weight excluding hydrogens is 372 g/mol. The van der Waals surface area contributed by atoms with Crippen LogP contribution in [0.5, 0.6) is 11.5 Å². The van der Waals surface area contributed by atoms with Crippen LogP contribution in [0, 0.1) is 21.4 Å². The first kappa shape index (κ1) is 18.0. The highest BCUT2D eigenvalue weighted by atomic mass is 16.6. The zero-order chi connectivity index (χ0) is 20.5. The number of para-hydroxylation sites is 1. The Kier molecular flexibility index (Phi) is 4.33. The lowest BCUT2D eigenvalue weighted by atomic mass is 10.0. The van der Waals surface area contributed by atoms with Gasteiger partial charge < -0.3 is 14.3 Å². The summed E-state index contributed by atoms with van der Waals surface area (Å²) in [5, 5.41) is 21.3. The smallest absolute Gasteiger partial charge is 0.274 e. The zero-order valence-corrected chi connectivity index (χ0v) is 15.2. The predicted molar refractivity (Wildman–Crippen MR) is 107 cm³/mol. The lowest BCUT2D eigenvalue weighted by Gasteiger charge is -2.14. The van der Waals surface area contributed by atoms with Crippen molar-refractivity contribution in [3.8, 4) is 28.7 Å². The van der Waals surface area contributed by atoms with Crippen molar-refractivity contribution in [3.63, 3.8) is 0 Å². The molecule has 4 aromatic rings. The van der Waals surface area contributed by atoms with Crippen LogP contribution in [0.25, 0.3) is 22.0 Å². The maximum absolute atomic E-state index is 12.4. The van der Waals surface area contributed by atoms with Crippen LogP contribution in [-0.2, 0) is 7.05 Å². The average Bonchev–Trinajstić information content (AvgIpc) is 3.21. The number of hydrogen-bond donors (Lipinski definition) is 1. The molecule has 0 aliphatic rings. The number of fused-ring (bicyclic) bond motifs is 1. The number of H-pyrrole nitrogens is 1. The Balaban J connectivity index is 1.98. The molecule has 0 fully saturated rings. The number of pyridine rings is 1. The SMILES string of the molecule is Cn1cc(-c2cc([N+](=O)[O-])ccc2Oc2ccccc2C#N)c2cc[nH]c2c1=O. The van der Waals surface area contributed by atoms with Crippen molar-refractivity contribution < 1.29 is 9.66 Å². The van der Waals surface area contributed by atoms with E-state index in [0.29, 0.717) is 39.1 Å². The molecule has 0 bridgehead atoms. The summed E-state index contributed by atoms with van der Waals surface area (Å²) in [5.41, 5.74) is 1.43. The molecule has 29 heavy (non-hydrogen) atoms. The van der Waals surface area contributed by atoms with Crippen LogP contribution in [-0.4, -0.2) is 14.5 Å². The summed E-state index contributed by atoms with van der Waals surface area (Å²) in [6.07, 6.45) is 3.25. The van der Waals surface area contributed by atoms with E-state index in [1.807, 2.05) is 0 Å². The van der Waals surface area contributed by atoms with Crippen LogP contribution in [0.1, 0.15) is 5.56 Å². The third-order valence-electron chi connectivity index (χ3n) is 4.59. The molecule has 2 heterocycles. The van der Waals surface area contributed by atoms with Crippen molar-refractivity contribution in [2.24, 2.45) is 7.05 Å². The van der Waals surface area contributed by atoms with Crippen LogP contribution in [0.15, 0.2) is 65.7 Å². The molecule has 8 heteroatoms. The van der Waals surface area contributed by atoms with Gasteiger partial charge in [-0.05, 0) is 24.3 Å². The third-order valence-corrected chi connectivity index (χ3v) is 4.59. The molecular formula is C21H14N4O4. The Morgan fingerprint density at radius 3 is 2.69 bits per heavy atom. The van der Waals surface area contributed by atoms with E-state index in [1.54, 1.807) is 49.8 Å². The minimum atomic E-state index is -0.493. The second-order valence-electron chi connectivity index (χ2n) is 6.37. The number of ether oxygens (including phenoxy) is 1. The highest BCUT2D eigenvalue weighted by Gasteiger charge is 2.19. The second-order valence-corrected chi connectivity index (χ2v) is 6.37. The van der Waals surface area contributed by atoms with Gasteiger partial charge in [-0.1, -0.05) is 12.1 Å². The summed E-state index contributed by atoms with van der Waals surface area (Å²) >= 11 is 0. The number of nitro groups is 1. The van der Waals surface area contributed by atoms with E-state index in [2.05, 4.69) is 11.1 Å². The number of rotatable bonds is 4. The van der Waals surface area contributed by atoms with Crippen molar-refractivity contribution in [3.05, 3.63) is 87.0 Å². The van der Waals surface area contributed by atoms with E-state index in [-0.39, 0.29) is 11.2 Å². The van der Waals surface area contributed by atoms with Crippen LogP contribution >= 0.6 is 0 Å². The van der Waals surface area contributed by atoms with E-state index in [9.17, 15) is 20.2 Å². The monoisotopic (exact) mass is 386 g/mol. The summed E-state index contributed by atoms with van der Waals surface area (Å²) in [5.74, 6) is 0.666. The van der Waals surface area contributed by atoms with Gasteiger partial charge in [-0.25, -0.2) is 0 Å². The number of aromatic nitrogens is 2. The van der Waals surface area contributed by atoms with E-state index in [4.69, 9.17) is 4.74 Å². The van der Waals surface area contributed by atoms with Crippen LogP contribution in [0.3, 0.4) is 0 Å². The molecule has 0 aliphatic carbocycles. The summed E-state index contributed by atoms with van der Waals surface area (Å²) in [6.45, 7) is 0. The third kappa shape index (κ3) is 3.11. The quantitative estimate of drug-likeness (QED) is 0.419. The number of nitriles is 1. The van der Waals surface area contributed by atoms with Crippen LogP contribution in [0.2, 0.25) is 0 Å². The second kappa shape index (κ2) is 6.98. The van der Waals surface area contributed by atoms with Gasteiger partial charge in [0.25, 0.3) is 11.2 Å². The Hall–Kier alpha value is -4.38. The summed E-state index contributed by atoms with van der Waals surface area (Å²) in [7, 11) is 1.61. The number of hydrogen-bond acceptors (Lipinski definition) is 5. The first-order valence-electron chi connectivity index (χ1n) is 8.62.